The van der Waals surface area contributed by atoms with Crippen molar-refractivity contribution in [3.05, 3.63) is 17.0 Å². The van der Waals surface area contributed by atoms with Crippen molar-refractivity contribution in [2.24, 2.45) is 5.84 Å². The first-order chi connectivity index (χ1) is 6.13. The van der Waals surface area contributed by atoms with Gasteiger partial charge in [0.15, 0.2) is 5.82 Å². The zero-order chi connectivity index (χ0) is 9.84. The number of anilines is 1. The lowest BCUT2D eigenvalue weighted by Gasteiger charge is -2.11. The quantitative estimate of drug-likeness (QED) is 0.442. The Balaban J connectivity index is 2.96. The van der Waals surface area contributed by atoms with Gasteiger partial charge in [0.25, 0.3) is 0 Å². The van der Waals surface area contributed by atoms with Gasteiger partial charge in [-0.2, -0.15) is 0 Å². The first kappa shape index (κ1) is 10.2. The summed E-state index contributed by atoms with van der Waals surface area (Å²) in [5.41, 5.74) is 0. The molecule has 0 spiro atoms. The van der Waals surface area contributed by atoms with E-state index < -0.39 is 0 Å². The van der Waals surface area contributed by atoms with E-state index in [0.717, 1.165) is 0 Å². The number of rotatable bonds is 3. The van der Waals surface area contributed by atoms with Crippen molar-refractivity contribution in [1.82, 2.24) is 9.97 Å². The van der Waals surface area contributed by atoms with Gasteiger partial charge in [-0.05, 0) is 0 Å². The number of halogens is 1. The van der Waals surface area contributed by atoms with Gasteiger partial charge in [0.2, 0.25) is 0 Å². The molecule has 5 nitrogen and oxygen atoms in total. The number of methoxy groups -OCH3 is 1. The van der Waals surface area contributed by atoms with Crippen molar-refractivity contribution in [2.45, 2.75) is 6.61 Å². The average Bonchev–Trinajstić information content (AvgIpc) is 2.03. The largest absolute Gasteiger partial charge is 0.377 e. The molecule has 2 N–H and O–H groups in total. The van der Waals surface area contributed by atoms with Crippen LogP contribution in [0.4, 0.5) is 5.82 Å². The molecular formula is C7H11ClN4O. The Morgan fingerprint density at radius 1 is 1.62 bits per heavy atom. The first-order valence-electron chi connectivity index (χ1n) is 3.64. The molecule has 6 heteroatoms. The van der Waals surface area contributed by atoms with Crippen LogP contribution in [0.15, 0.2) is 6.07 Å². The van der Waals surface area contributed by atoms with Crippen LogP contribution in [0, 0.1) is 0 Å². The maximum absolute atomic E-state index is 5.74. The Labute approximate surface area is 81.5 Å². The van der Waals surface area contributed by atoms with Crippen molar-refractivity contribution < 1.29 is 4.74 Å². The van der Waals surface area contributed by atoms with E-state index in [2.05, 4.69) is 9.97 Å². The minimum atomic E-state index is 0.321. The van der Waals surface area contributed by atoms with Crippen LogP contribution in [0.1, 0.15) is 5.82 Å². The normalized spacial score (nSPS) is 10.2. The lowest BCUT2D eigenvalue weighted by molar-refractivity contribution is 0.178. The lowest BCUT2D eigenvalue weighted by atomic mass is 10.5. The number of ether oxygens (including phenoxy) is 1. The number of hydrogen-bond acceptors (Lipinski definition) is 5. The number of aromatic nitrogens is 2. The topological polar surface area (TPSA) is 64.3 Å². The standard InChI is InChI=1S/C7H11ClN4O/c1-12(9)7-3-5(8)10-6(11-7)4-13-2/h3H,4,9H2,1-2H3. The van der Waals surface area contributed by atoms with Gasteiger partial charge in [-0.1, -0.05) is 11.6 Å². The number of nitrogens with two attached hydrogens (primary N) is 1. The molecule has 1 heterocycles. The molecule has 1 rings (SSSR count). The molecule has 1 aromatic rings. The number of hydrogen-bond donors (Lipinski definition) is 1. The molecule has 0 aliphatic rings. The van der Waals surface area contributed by atoms with E-state index in [1.807, 2.05) is 0 Å². The van der Waals surface area contributed by atoms with Crippen molar-refractivity contribution in [1.29, 1.82) is 0 Å². The molecule has 0 amide bonds. The van der Waals surface area contributed by atoms with Crippen LogP contribution in [-0.2, 0) is 11.3 Å². The van der Waals surface area contributed by atoms with Gasteiger partial charge < -0.3 is 4.74 Å². The fourth-order valence-electron chi connectivity index (χ4n) is 0.826. The Kier molecular flexibility index (Phi) is 3.41. The third-order valence-corrected chi connectivity index (χ3v) is 1.56. The van der Waals surface area contributed by atoms with E-state index in [1.54, 1.807) is 20.2 Å². The fourth-order valence-corrected chi connectivity index (χ4v) is 1.02. The third kappa shape index (κ3) is 2.80. The van der Waals surface area contributed by atoms with E-state index in [0.29, 0.717) is 23.4 Å². The summed E-state index contributed by atoms with van der Waals surface area (Å²) in [5.74, 6) is 6.57. The molecule has 0 bridgehead atoms. The average molecular weight is 203 g/mol. The van der Waals surface area contributed by atoms with Crippen LogP contribution >= 0.6 is 11.6 Å². The summed E-state index contributed by atoms with van der Waals surface area (Å²) < 4.78 is 4.87. The summed E-state index contributed by atoms with van der Waals surface area (Å²) in [4.78, 5) is 8.06. The maximum atomic E-state index is 5.74. The molecule has 0 saturated heterocycles. The van der Waals surface area contributed by atoms with Crippen LogP contribution in [-0.4, -0.2) is 24.1 Å². The molecule has 1 aromatic heterocycles. The van der Waals surface area contributed by atoms with Crippen LogP contribution in [0.5, 0.6) is 0 Å². The van der Waals surface area contributed by atoms with E-state index in [9.17, 15) is 0 Å². The SMILES string of the molecule is COCc1nc(Cl)cc(N(C)N)n1. The smallest absolute Gasteiger partial charge is 0.158 e. The van der Waals surface area contributed by atoms with Gasteiger partial charge >= 0.3 is 0 Å². The Hall–Kier alpha value is -0.910. The molecule has 0 aromatic carbocycles. The highest BCUT2D eigenvalue weighted by molar-refractivity contribution is 6.29. The highest BCUT2D eigenvalue weighted by atomic mass is 35.5. The second-order valence-electron chi connectivity index (χ2n) is 2.51. The summed E-state index contributed by atoms with van der Waals surface area (Å²) in [7, 11) is 3.24. The molecule has 72 valence electrons. The molecule has 0 saturated carbocycles. The van der Waals surface area contributed by atoms with Crippen LogP contribution in [0.3, 0.4) is 0 Å². The van der Waals surface area contributed by atoms with Crippen LogP contribution in [0.25, 0.3) is 0 Å². The molecule has 0 aliphatic carbocycles. The highest BCUT2D eigenvalue weighted by Crippen LogP contribution is 2.12. The minimum absolute atomic E-state index is 0.321. The summed E-state index contributed by atoms with van der Waals surface area (Å²) in [5, 5.41) is 1.72. The Morgan fingerprint density at radius 3 is 2.85 bits per heavy atom. The molecule has 0 radical (unpaired) electrons. The summed E-state index contributed by atoms with van der Waals surface area (Å²) in [6.45, 7) is 0.321. The van der Waals surface area contributed by atoms with Gasteiger partial charge in [0.05, 0.1) is 0 Å². The van der Waals surface area contributed by atoms with Gasteiger partial charge in [0.1, 0.15) is 17.6 Å². The molecule has 13 heavy (non-hydrogen) atoms. The predicted molar refractivity (Wildman–Crippen MR) is 50.3 cm³/mol. The third-order valence-electron chi connectivity index (χ3n) is 1.36. The van der Waals surface area contributed by atoms with Crippen LogP contribution in [0.2, 0.25) is 5.15 Å². The number of nitrogens with zero attached hydrogens (tertiary/aromatic N) is 3. The van der Waals surface area contributed by atoms with Gasteiger partial charge in [0, 0.05) is 20.2 Å². The van der Waals surface area contributed by atoms with Crippen molar-refractivity contribution in [3.63, 3.8) is 0 Å². The molecule has 0 atom stereocenters. The molecular weight excluding hydrogens is 192 g/mol. The summed E-state index contributed by atoms with van der Waals surface area (Å²) >= 11 is 5.74. The highest BCUT2D eigenvalue weighted by Gasteiger charge is 2.04. The van der Waals surface area contributed by atoms with Crippen molar-refractivity contribution in [2.75, 3.05) is 19.2 Å². The van der Waals surface area contributed by atoms with E-state index >= 15 is 0 Å². The van der Waals surface area contributed by atoms with Crippen molar-refractivity contribution in [3.8, 4) is 0 Å². The maximum Gasteiger partial charge on any atom is 0.158 e. The fraction of sp³-hybridized carbons (Fsp3) is 0.429. The zero-order valence-corrected chi connectivity index (χ0v) is 8.25. The Morgan fingerprint density at radius 2 is 2.31 bits per heavy atom. The van der Waals surface area contributed by atoms with Gasteiger partial charge in [-0.25, -0.2) is 15.8 Å². The zero-order valence-electron chi connectivity index (χ0n) is 7.49. The summed E-state index contributed by atoms with van der Waals surface area (Å²) in [6.07, 6.45) is 0. The lowest BCUT2D eigenvalue weighted by Crippen LogP contribution is -2.26. The van der Waals surface area contributed by atoms with Gasteiger partial charge in [-0.3, -0.25) is 5.01 Å². The van der Waals surface area contributed by atoms with Crippen LogP contribution < -0.4 is 10.9 Å². The minimum Gasteiger partial charge on any atom is -0.377 e. The number of hydrazine groups is 1. The van der Waals surface area contributed by atoms with Gasteiger partial charge in [-0.15, -0.1) is 0 Å². The van der Waals surface area contributed by atoms with E-state index in [4.69, 9.17) is 22.2 Å². The monoisotopic (exact) mass is 202 g/mol. The summed E-state index contributed by atoms with van der Waals surface area (Å²) in [6, 6.07) is 1.58. The predicted octanol–water partition coefficient (Wildman–Crippen LogP) is 0.586. The first-order valence-corrected chi connectivity index (χ1v) is 4.02. The second kappa shape index (κ2) is 4.36. The molecule has 0 unspecified atom stereocenters. The van der Waals surface area contributed by atoms with E-state index in [-0.39, 0.29) is 0 Å². The molecule has 0 fully saturated rings. The van der Waals surface area contributed by atoms with E-state index in [1.165, 1.54) is 5.01 Å². The second-order valence-corrected chi connectivity index (χ2v) is 2.90. The van der Waals surface area contributed by atoms with Crippen molar-refractivity contribution >= 4 is 17.4 Å². The Bertz CT molecular complexity index is 292. The molecule has 0 aliphatic heterocycles.